The van der Waals surface area contributed by atoms with Gasteiger partial charge < -0.3 is 9.15 Å². The third-order valence-corrected chi connectivity index (χ3v) is 6.62. The number of hydrogen-bond donors (Lipinski definition) is 0. The third-order valence-electron chi connectivity index (χ3n) is 6.28. The second-order valence-electron chi connectivity index (χ2n) is 8.36. The summed E-state index contributed by atoms with van der Waals surface area (Å²) in [7, 11) is 0. The predicted molar refractivity (Wildman–Crippen MR) is 131 cm³/mol. The molecule has 3 aromatic carbocycles. The maximum absolute atomic E-state index is 13.5. The van der Waals surface area contributed by atoms with Crippen LogP contribution in [0.2, 0.25) is 5.02 Å². The fraction of sp³-hybridized carbons (Fsp3) is 0.0370. The largest absolute Gasteiger partial charge is 0.437 e. The molecule has 1 atom stereocenters. The Morgan fingerprint density at radius 2 is 1.72 bits per heavy atom. The third kappa shape index (κ3) is 3.04. The van der Waals surface area contributed by atoms with Crippen LogP contribution in [0.3, 0.4) is 0 Å². The van der Waals surface area contributed by atoms with Gasteiger partial charge in [0.05, 0.1) is 22.4 Å². The van der Waals surface area contributed by atoms with E-state index < -0.39 is 11.5 Å². The number of para-hydroxylation sites is 1. The molecule has 0 spiro atoms. The first-order chi connectivity index (χ1) is 17.6. The van der Waals surface area contributed by atoms with Gasteiger partial charge in [-0.15, -0.1) is 5.10 Å². The molecule has 0 N–H and O–H groups in total. The Kier molecular flexibility index (Phi) is 4.46. The van der Waals surface area contributed by atoms with E-state index in [-0.39, 0.29) is 11.7 Å². The Balaban J connectivity index is 1.56. The van der Waals surface area contributed by atoms with Gasteiger partial charge in [-0.2, -0.15) is 0 Å². The van der Waals surface area contributed by atoms with Crippen molar-refractivity contribution in [3.05, 3.63) is 117 Å². The van der Waals surface area contributed by atoms with Crippen molar-refractivity contribution in [3.63, 3.8) is 0 Å². The molecule has 4 heterocycles. The molecule has 1 aliphatic rings. The number of fused-ring (bicyclic) bond motifs is 6. The lowest BCUT2D eigenvalue weighted by atomic mass is 9.84. The van der Waals surface area contributed by atoms with Gasteiger partial charge >= 0.3 is 5.63 Å². The van der Waals surface area contributed by atoms with E-state index in [0.717, 1.165) is 0 Å². The van der Waals surface area contributed by atoms with Crippen LogP contribution in [0.1, 0.15) is 22.6 Å². The Hall–Kier alpha value is -4.56. The van der Waals surface area contributed by atoms with Gasteiger partial charge in [-0.25, -0.2) is 23.7 Å². The number of hydrogen-bond acceptors (Lipinski definition) is 6. The molecule has 1 aliphatic heterocycles. The van der Waals surface area contributed by atoms with E-state index >= 15 is 0 Å². The highest BCUT2D eigenvalue weighted by molar-refractivity contribution is 6.31. The van der Waals surface area contributed by atoms with Crippen molar-refractivity contribution < 1.29 is 13.5 Å². The monoisotopic (exact) mass is 496 g/mol. The topological polar surface area (TPSA) is 82.5 Å². The van der Waals surface area contributed by atoms with E-state index in [1.807, 2.05) is 30.3 Å². The Morgan fingerprint density at radius 1 is 0.944 bits per heavy atom. The van der Waals surface area contributed by atoms with E-state index in [2.05, 4.69) is 10.1 Å². The minimum absolute atomic E-state index is 0.286. The lowest BCUT2D eigenvalue weighted by Gasteiger charge is -2.27. The van der Waals surface area contributed by atoms with Crippen LogP contribution in [0.25, 0.3) is 28.0 Å². The van der Waals surface area contributed by atoms with Crippen LogP contribution < -0.4 is 10.4 Å². The molecule has 1 unspecified atom stereocenters. The van der Waals surface area contributed by atoms with Gasteiger partial charge in [0, 0.05) is 10.6 Å². The summed E-state index contributed by atoms with van der Waals surface area (Å²) in [4.78, 5) is 22.6. The molecule has 9 heteroatoms. The standard InChI is InChI=1S/C27H14ClFN4O3/c28-18-7-3-1-5-16(18)20-21-23(17-6-2-4-8-19(17)35-27(21)34)36-26-22(20)25-31-24(32-33(25)13-30-26)14-9-11-15(29)12-10-14/h1-13,20H. The van der Waals surface area contributed by atoms with Crippen molar-refractivity contribution in [2.45, 2.75) is 5.92 Å². The summed E-state index contributed by atoms with van der Waals surface area (Å²) in [6, 6.07) is 20.3. The highest BCUT2D eigenvalue weighted by Crippen LogP contribution is 2.50. The molecule has 0 saturated heterocycles. The lowest BCUT2D eigenvalue weighted by Crippen LogP contribution is -2.22. The smallest absolute Gasteiger partial charge is 0.344 e. The Morgan fingerprint density at radius 3 is 2.56 bits per heavy atom. The minimum atomic E-state index is -0.681. The van der Waals surface area contributed by atoms with Crippen molar-refractivity contribution in [3.8, 4) is 23.0 Å². The fourth-order valence-electron chi connectivity index (χ4n) is 4.67. The zero-order chi connectivity index (χ0) is 24.4. The second kappa shape index (κ2) is 7.73. The fourth-order valence-corrected chi connectivity index (χ4v) is 4.92. The Bertz CT molecular complexity index is 1880. The summed E-state index contributed by atoms with van der Waals surface area (Å²) in [6.45, 7) is 0. The molecule has 0 aliphatic carbocycles. The minimum Gasteiger partial charge on any atom is -0.437 e. The van der Waals surface area contributed by atoms with Crippen molar-refractivity contribution >= 4 is 28.2 Å². The van der Waals surface area contributed by atoms with Gasteiger partial charge in [-0.1, -0.05) is 41.9 Å². The average molecular weight is 497 g/mol. The number of benzene rings is 3. The molecule has 3 aromatic heterocycles. The number of rotatable bonds is 2. The number of aromatic nitrogens is 4. The van der Waals surface area contributed by atoms with Crippen molar-refractivity contribution in [2.24, 2.45) is 0 Å². The number of nitrogens with zero attached hydrogens (tertiary/aromatic N) is 4. The van der Waals surface area contributed by atoms with Crippen LogP contribution in [0.4, 0.5) is 4.39 Å². The molecule has 0 saturated carbocycles. The first-order valence-corrected chi connectivity index (χ1v) is 11.5. The molecule has 0 bridgehead atoms. The van der Waals surface area contributed by atoms with Gasteiger partial charge in [0.1, 0.15) is 17.7 Å². The average Bonchev–Trinajstić information content (AvgIpc) is 3.33. The number of ether oxygens (including phenoxy) is 1. The zero-order valence-corrected chi connectivity index (χ0v) is 19.1. The van der Waals surface area contributed by atoms with Gasteiger partial charge in [0.25, 0.3) is 0 Å². The molecular formula is C27H14ClFN4O3. The summed E-state index contributed by atoms with van der Waals surface area (Å²) in [5.74, 6) is -0.00773. The van der Waals surface area contributed by atoms with Crippen LogP contribution in [0.15, 0.2) is 88.3 Å². The first kappa shape index (κ1) is 20.8. The van der Waals surface area contributed by atoms with Gasteiger partial charge in [0.15, 0.2) is 17.2 Å². The van der Waals surface area contributed by atoms with Gasteiger partial charge in [-0.3, -0.25) is 0 Å². The summed E-state index contributed by atoms with van der Waals surface area (Å²) in [6.07, 6.45) is 1.50. The van der Waals surface area contributed by atoms with Crippen LogP contribution in [-0.4, -0.2) is 19.6 Å². The maximum atomic E-state index is 13.5. The number of halogens is 2. The van der Waals surface area contributed by atoms with E-state index in [0.29, 0.717) is 55.5 Å². The van der Waals surface area contributed by atoms with Gasteiger partial charge in [0.2, 0.25) is 5.88 Å². The predicted octanol–water partition coefficient (Wildman–Crippen LogP) is 5.98. The van der Waals surface area contributed by atoms with Crippen molar-refractivity contribution in [1.29, 1.82) is 0 Å². The van der Waals surface area contributed by atoms with Crippen molar-refractivity contribution in [1.82, 2.24) is 19.6 Å². The Labute approximate surface area is 207 Å². The molecule has 0 radical (unpaired) electrons. The second-order valence-corrected chi connectivity index (χ2v) is 8.77. The highest BCUT2D eigenvalue weighted by atomic mass is 35.5. The van der Waals surface area contributed by atoms with E-state index in [1.54, 1.807) is 30.3 Å². The van der Waals surface area contributed by atoms with Gasteiger partial charge in [-0.05, 0) is 48.0 Å². The molecule has 7 rings (SSSR count). The molecule has 0 fully saturated rings. The molecular weight excluding hydrogens is 483 g/mol. The van der Waals surface area contributed by atoms with E-state index in [1.165, 1.54) is 23.0 Å². The van der Waals surface area contributed by atoms with Crippen molar-refractivity contribution in [2.75, 3.05) is 0 Å². The zero-order valence-electron chi connectivity index (χ0n) is 18.4. The lowest BCUT2D eigenvalue weighted by molar-refractivity contribution is 0.422. The maximum Gasteiger partial charge on any atom is 0.344 e. The quantitative estimate of drug-likeness (QED) is 0.274. The molecule has 7 nitrogen and oxygen atoms in total. The van der Waals surface area contributed by atoms with E-state index in [9.17, 15) is 9.18 Å². The molecule has 36 heavy (non-hydrogen) atoms. The van der Waals surface area contributed by atoms with Crippen LogP contribution >= 0.6 is 11.6 Å². The van der Waals surface area contributed by atoms with Crippen LogP contribution in [0, 0.1) is 5.82 Å². The first-order valence-electron chi connectivity index (χ1n) is 11.1. The van der Waals surface area contributed by atoms with Crippen LogP contribution in [-0.2, 0) is 0 Å². The molecule has 6 aromatic rings. The SMILES string of the molecule is O=c1oc2ccccc2c2c1C(c1ccccc1Cl)c1c(ncn3nc(-c4ccc(F)cc4)nc13)O2. The molecule has 174 valence electrons. The molecule has 0 amide bonds. The van der Waals surface area contributed by atoms with E-state index in [4.69, 9.17) is 25.7 Å². The van der Waals surface area contributed by atoms with Crippen LogP contribution in [0.5, 0.6) is 11.6 Å². The summed E-state index contributed by atoms with van der Waals surface area (Å²) in [5.41, 5.74) is 2.43. The summed E-state index contributed by atoms with van der Waals surface area (Å²) in [5, 5.41) is 5.64. The highest BCUT2D eigenvalue weighted by Gasteiger charge is 2.38. The summed E-state index contributed by atoms with van der Waals surface area (Å²) >= 11 is 6.66. The summed E-state index contributed by atoms with van der Waals surface area (Å²) < 4.78 is 26.9. The normalized spacial score (nSPS) is 14.4.